The Kier molecular flexibility index (Phi) is 11.7. The zero-order valence-electron chi connectivity index (χ0n) is 45.0. The van der Waals surface area contributed by atoms with Gasteiger partial charge in [0.15, 0.2) is 0 Å². The van der Waals surface area contributed by atoms with E-state index in [4.69, 9.17) is 0 Å². The highest BCUT2D eigenvalue weighted by atomic mass is 15.1. The van der Waals surface area contributed by atoms with Gasteiger partial charge < -0.3 is 9.47 Å². The molecule has 0 atom stereocenters. The van der Waals surface area contributed by atoms with Crippen molar-refractivity contribution in [1.82, 2.24) is 4.57 Å². The fourth-order valence-electron chi connectivity index (χ4n) is 12.5. The topological polar surface area (TPSA) is 8.17 Å². The highest BCUT2D eigenvalue weighted by Crippen LogP contribution is 2.51. The first-order chi connectivity index (χ1) is 38.7. The van der Waals surface area contributed by atoms with Crippen LogP contribution in [0.3, 0.4) is 0 Å². The minimum Gasteiger partial charge on any atom is -0.310 e. The highest BCUT2D eigenvalue weighted by molar-refractivity contribution is 6.10. The summed E-state index contributed by atoms with van der Waals surface area (Å²) in [5.41, 5.74) is 29.0. The van der Waals surface area contributed by atoms with Gasteiger partial charge in [-0.15, -0.1) is 0 Å². The smallest absolute Gasteiger partial charge is 0.0541 e. The van der Waals surface area contributed by atoms with Gasteiger partial charge in [-0.1, -0.05) is 208 Å². The molecule has 0 fully saturated rings. The molecule has 1 aromatic heterocycles. The molecular formula is C77H58N2. The summed E-state index contributed by atoms with van der Waals surface area (Å²) in [5, 5.41) is 2.46. The Bertz CT molecular complexity index is 4450. The Morgan fingerprint density at radius 3 is 1.38 bits per heavy atom. The van der Waals surface area contributed by atoms with Crippen molar-refractivity contribution in [1.29, 1.82) is 0 Å². The average molecular weight is 1010 g/mol. The number of anilines is 3. The molecule has 0 spiro atoms. The molecule has 1 heterocycles. The molecule has 0 saturated heterocycles. The van der Waals surface area contributed by atoms with E-state index in [-0.39, 0.29) is 5.41 Å². The van der Waals surface area contributed by atoms with Crippen LogP contribution in [0.2, 0.25) is 0 Å². The third-order valence-electron chi connectivity index (χ3n) is 16.4. The number of nitrogens with zero attached hydrogens (tertiary/aromatic N) is 2. The summed E-state index contributed by atoms with van der Waals surface area (Å²) in [6.07, 6.45) is 0. The molecular weight excluding hydrogens is 953 g/mol. The average Bonchev–Trinajstić information content (AvgIpc) is 4.21. The molecule has 0 amide bonds. The minimum atomic E-state index is -0.116. The molecule has 13 aromatic rings. The van der Waals surface area contributed by atoms with Crippen LogP contribution in [0.5, 0.6) is 0 Å². The van der Waals surface area contributed by atoms with Crippen LogP contribution in [0, 0.1) is 13.8 Å². The van der Waals surface area contributed by atoms with E-state index in [1.807, 2.05) is 0 Å². The van der Waals surface area contributed by atoms with Gasteiger partial charge in [-0.2, -0.15) is 0 Å². The third kappa shape index (κ3) is 8.63. The normalized spacial score (nSPS) is 12.4. The zero-order chi connectivity index (χ0) is 53.2. The quantitative estimate of drug-likeness (QED) is 0.133. The summed E-state index contributed by atoms with van der Waals surface area (Å²) in [7, 11) is 0. The van der Waals surface area contributed by atoms with Crippen LogP contribution in [0.1, 0.15) is 36.1 Å². The molecule has 2 heteroatoms. The molecule has 0 bridgehead atoms. The fourth-order valence-corrected chi connectivity index (χ4v) is 12.5. The maximum absolute atomic E-state index is 2.45. The van der Waals surface area contributed by atoms with Crippen LogP contribution in [0.4, 0.5) is 17.1 Å². The number of benzene rings is 12. The van der Waals surface area contributed by atoms with E-state index < -0.39 is 0 Å². The third-order valence-corrected chi connectivity index (χ3v) is 16.4. The summed E-state index contributed by atoms with van der Waals surface area (Å²) >= 11 is 0. The van der Waals surface area contributed by atoms with E-state index in [2.05, 4.69) is 316 Å². The van der Waals surface area contributed by atoms with E-state index in [9.17, 15) is 0 Å². The Labute approximate surface area is 463 Å². The molecule has 12 aromatic carbocycles. The standard InChI is InChI=1S/C77H58N2/c1-51-41-62(60-24-16-23-59(46-60)58-22-15-21-57(45-58)54-19-9-6-10-20-54)47-63(42-51)64-43-52(2)44-68(48-64)79-75-28-14-12-26-71(75)72-49-61(33-40-76(72)79)56-31-36-66(37-32-56)78(65-34-29-55(30-35-65)53-17-7-5-8-18-53)67-38-39-70-69-25-11-13-27-73(69)77(3,4)74(70)50-67/h5-50H,1-4H3. The predicted octanol–water partition coefficient (Wildman–Crippen LogP) is 21.2. The number of rotatable bonds is 10. The van der Waals surface area contributed by atoms with Crippen molar-refractivity contribution in [2.75, 3.05) is 4.90 Å². The monoisotopic (exact) mass is 1010 g/mol. The number of hydrogen-bond acceptors (Lipinski definition) is 1. The molecule has 1 aliphatic carbocycles. The summed E-state index contributed by atoms with van der Waals surface area (Å²) < 4.78 is 2.45. The van der Waals surface area contributed by atoms with Crippen molar-refractivity contribution in [3.05, 3.63) is 301 Å². The lowest BCUT2D eigenvalue weighted by molar-refractivity contribution is 0.660. The second-order valence-electron chi connectivity index (χ2n) is 22.0. The first-order valence-electron chi connectivity index (χ1n) is 27.5. The Morgan fingerprint density at radius 1 is 0.278 bits per heavy atom. The molecule has 79 heavy (non-hydrogen) atoms. The highest BCUT2D eigenvalue weighted by Gasteiger charge is 2.36. The van der Waals surface area contributed by atoms with Crippen molar-refractivity contribution >= 4 is 38.9 Å². The molecule has 1 aliphatic rings. The van der Waals surface area contributed by atoms with Gasteiger partial charge in [0.2, 0.25) is 0 Å². The fraction of sp³-hybridized carbons (Fsp3) is 0.0649. The van der Waals surface area contributed by atoms with E-state index >= 15 is 0 Å². The van der Waals surface area contributed by atoms with Crippen molar-refractivity contribution in [2.24, 2.45) is 0 Å². The Balaban J connectivity index is 0.804. The van der Waals surface area contributed by atoms with Crippen LogP contribution in [-0.2, 0) is 5.41 Å². The molecule has 0 saturated carbocycles. The second-order valence-corrected chi connectivity index (χ2v) is 22.0. The summed E-state index contributed by atoms with van der Waals surface area (Å²) in [6, 6.07) is 103. The van der Waals surface area contributed by atoms with Gasteiger partial charge in [0.05, 0.1) is 11.0 Å². The molecule has 0 aliphatic heterocycles. The van der Waals surface area contributed by atoms with Crippen molar-refractivity contribution in [2.45, 2.75) is 33.1 Å². The number of aromatic nitrogens is 1. The van der Waals surface area contributed by atoms with E-state index in [0.717, 1.165) is 22.7 Å². The van der Waals surface area contributed by atoms with E-state index in [1.54, 1.807) is 0 Å². The van der Waals surface area contributed by atoms with Gasteiger partial charge >= 0.3 is 0 Å². The maximum atomic E-state index is 2.45. The zero-order valence-corrected chi connectivity index (χ0v) is 45.0. The molecule has 14 rings (SSSR count). The van der Waals surface area contributed by atoms with Gasteiger partial charge in [0.25, 0.3) is 0 Å². The summed E-state index contributed by atoms with van der Waals surface area (Å²) in [5.74, 6) is 0. The van der Waals surface area contributed by atoms with E-state index in [0.29, 0.717) is 0 Å². The SMILES string of the molecule is Cc1cc(-c2cccc(-c3cccc(-c4ccccc4)c3)c2)cc(-c2cc(C)cc(-n3c4ccccc4c4cc(-c5ccc(N(c6ccc(-c7ccccc7)cc6)c6ccc7c(c6)C(C)(C)c6ccccc6-7)cc5)ccc43)c2)c1. The van der Waals surface area contributed by atoms with Crippen LogP contribution < -0.4 is 4.90 Å². The van der Waals surface area contributed by atoms with Gasteiger partial charge in [-0.25, -0.2) is 0 Å². The first kappa shape index (κ1) is 47.7. The number of aryl methyl sites for hydroxylation is 2. The Hall–Kier alpha value is -9.76. The molecule has 0 N–H and O–H groups in total. The van der Waals surface area contributed by atoms with Gasteiger partial charge in [-0.05, 0) is 199 Å². The maximum Gasteiger partial charge on any atom is 0.0541 e. The molecule has 0 unspecified atom stereocenters. The lowest BCUT2D eigenvalue weighted by Crippen LogP contribution is -2.16. The Morgan fingerprint density at radius 2 is 0.709 bits per heavy atom. The van der Waals surface area contributed by atoms with Crippen molar-refractivity contribution in [3.8, 4) is 83.6 Å². The second kappa shape index (κ2) is 19.4. The summed E-state index contributed by atoms with van der Waals surface area (Å²) in [6.45, 7) is 9.15. The van der Waals surface area contributed by atoms with Crippen LogP contribution >= 0.6 is 0 Å². The van der Waals surface area contributed by atoms with Crippen LogP contribution in [0.15, 0.2) is 279 Å². The van der Waals surface area contributed by atoms with Gasteiger partial charge in [-0.3, -0.25) is 0 Å². The first-order valence-corrected chi connectivity index (χ1v) is 27.5. The lowest BCUT2D eigenvalue weighted by atomic mass is 9.82. The predicted molar refractivity (Wildman–Crippen MR) is 335 cm³/mol. The largest absolute Gasteiger partial charge is 0.310 e. The van der Waals surface area contributed by atoms with Crippen LogP contribution in [-0.4, -0.2) is 4.57 Å². The van der Waals surface area contributed by atoms with E-state index in [1.165, 1.54) is 122 Å². The molecule has 0 radical (unpaired) electrons. The number of fused-ring (bicyclic) bond motifs is 6. The van der Waals surface area contributed by atoms with Gasteiger partial charge in [0, 0.05) is 38.9 Å². The number of para-hydroxylation sites is 1. The summed E-state index contributed by atoms with van der Waals surface area (Å²) in [4.78, 5) is 2.41. The molecule has 2 nitrogen and oxygen atoms in total. The van der Waals surface area contributed by atoms with Crippen molar-refractivity contribution in [3.63, 3.8) is 0 Å². The molecule has 376 valence electrons. The van der Waals surface area contributed by atoms with Gasteiger partial charge in [0.1, 0.15) is 0 Å². The number of hydrogen-bond donors (Lipinski definition) is 0. The van der Waals surface area contributed by atoms with Crippen molar-refractivity contribution < 1.29 is 0 Å². The van der Waals surface area contributed by atoms with Crippen LogP contribution in [0.25, 0.3) is 105 Å². The lowest BCUT2D eigenvalue weighted by Gasteiger charge is -2.28. The minimum absolute atomic E-state index is 0.116.